The van der Waals surface area contributed by atoms with Crippen LogP contribution in [-0.2, 0) is 0 Å². The Hall–Kier alpha value is -3.41. The lowest BCUT2D eigenvalue weighted by Gasteiger charge is -2.19. The number of ether oxygens (including phenoxy) is 3. The summed E-state index contributed by atoms with van der Waals surface area (Å²) in [6.45, 7) is 2.19. The van der Waals surface area contributed by atoms with E-state index in [2.05, 4.69) is 11.0 Å². The standard InChI is InChI=1S/C23H22N2O4/c1-27-16-7-8-18(20(26)13-16)19-11-15(12-22(24-19)25-9-2-3-10-25)17-5-4-6-21-23(17)29-14-28-21/h4-8,11-13,26H,2-3,9-10,14H2,1H3. The van der Waals surface area contributed by atoms with Crippen molar-refractivity contribution in [2.24, 2.45) is 0 Å². The molecule has 6 heteroatoms. The number of phenols is 1. The molecule has 0 saturated carbocycles. The second-order valence-corrected chi connectivity index (χ2v) is 7.22. The highest BCUT2D eigenvalue weighted by Crippen LogP contribution is 2.43. The molecule has 0 bridgehead atoms. The van der Waals surface area contributed by atoms with Crippen molar-refractivity contribution in [3.63, 3.8) is 0 Å². The summed E-state index contributed by atoms with van der Waals surface area (Å²) in [5.74, 6) is 3.14. The maximum atomic E-state index is 10.6. The molecule has 148 valence electrons. The van der Waals surface area contributed by atoms with Gasteiger partial charge in [-0.05, 0) is 48.7 Å². The van der Waals surface area contributed by atoms with Gasteiger partial charge in [0.15, 0.2) is 11.5 Å². The molecule has 0 unspecified atom stereocenters. The van der Waals surface area contributed by atoms with Gasteiger partial charge in [-0.2, -0.15) is 0 Å². The third-order valence-corrected chi connectivity index (χ3v) is 5.43. The third-order valence-electron chi connectivity index (χ3n) is 5.43. The van der Waals surface area contributed by atoms with E-state index < -0.39 is 0 Å². The molecule has 0 spiro atoms. The first-order chi connectivity index (χ1) is 14.2. The van der Waals surface area contributed by atoms with Crippen LogP contribution < -0.4 is 19.1 Å². The largest absolute Gasteiger partial charge is 0.507 e. The number of para-hydroxylation sites is 1. The van der Waals surface area contributed by atoms with Gasteiger partial charge >= 0.3 is 0 Å². The summed E-state index contributed by atoms with van der Waals surface area (Å²) in [6.07, 6.45) is 2.32. The van der Waals surface area contributed by atoms with Crippen molar-refractivity contribution < 1.29 is 19.3 Å². The van der Waals surface area contributed by atoms with Gasteiger partial charge in [-0.15, -0.1) is 0 Å². The monoisotopic (exact) mass is 390 g/mol. The minimum Gasteiger partial charge on any atom is -0.507 e. The highest BCUT2D eigenvalue weighted by molar-refractivity contribution is 5.81. The number of hydrogen-bond donors (Lipinski definition) is 1. The maximum Gasteiger partial charge on any atom is 0.231 e. The van der Waals surface area contributed by atoms with Crippen LogP contribution in [0.15, 0.2) is 48.5 Å². The van der Waals surface area contributed by atoms with Crippen molar-refractivity contribution in [1.82, 2.24) is 4.98 Å². The molecule has 2 aliphatic rings. The number of fused-ring (bicyclic) bond motifs is 1. The number of hydrogen-bond acceptors (Lipinski definition) is 6. The lowest BCUT2D eigenvalue weighted by Crippen LogP contribution is -2.19. The number of pyridine rings is 1. The van der Waals surface area contributed by atoms with Crippen LogP contribution >= 0.6 is 0 Å². The number of anilines is 1. The Balaban J connectivity index is 1.67. The summed E-state index contributed by atoms with van der Waals surface area (Å²) in [6, 6.07) is 15.2. The number of nitrogens with zero attached hydrogens (tertiary/aromatic N) is 2. The molecule has 0 amide bonds. The lowest BCUT2D eigenvalue weighted by atomic mass is 10.0. The van der Waals surface area contributed by atoms with E-state index in [0.29, 0.717) is 17.0 Å². The van der Waals surface area contributed by atoms with Crippen LogP contribution in [-0.4, -0.2) is 37.1 Å². The lowest BCUT2D eigenvalue weighted by molar-refractivity contribution is 0.174. The molecular weight excluding hydrogens is 368 g/mol. The van der Waals surface area contributed by atoms with Crippen LogP contribution in [0.1, 0.15) is 12.8 Å². The first-order valence-corrected chi connectivity index (χ1v) is 9.76. The molecule has 1 fully saturated rings. The van der Waals surface area contributed by atoms with Gasteiger partial charge in [-0.1, -0.05) is 12.1 Å². The average molecular weight is 390 g/mol. The van der Waals surface area contributed by atoms with Crippen molar-refractivity contribution in [3.05, 3.63) is 48.5 Å². The smallest absolute Gasteiger partial charge is 0.231 e. The first kappa shape index (κ1) is 17.7. The van der Waals surface area contributed by atoms with Crippen LogP contribution in [0, 0.1) is 0 Å². The van der Waals surface area contributed by atoms with Gasteiger partial charge in [0.1, 0.15) is 17.3 Å². The number of aromatic nitrogens is 1. The minimum absolute atomic E-state index is 0.138. The molecule has 1 saturated heterocycles. The van der Waals surface area contributed by atoms with E-state index >= 15 is 0 Å². The predicted molar refractivity (Wildman–Crippen MR) is 111 cm³/mol. The van der Waals surface area contributed by atoms with E-state index in [1.54, 1.807) is 13.2 Å². The zero-order valence-electron chi connectivity index (χ0n) is 16.2. The maximum absolute atomic E-state index is 10.6. The van der Waals surface area contributed by atoms with Crippen molar-refractivity contribution in [2.75, 3.05) is 31.9 Å². The molecule has 0 aliphatic carbocycles. The molecule has 3 aromatic rings. The fourth-order valence-electron chi connectivity index (χ4n) is 3.93. The van der Waals surface area contributed by atoms with Crippen molar-refractivity contribution >= 4 is 5.82 Å². The highest BCUT2D eigenvalue weighted by atomic mass is 16.7. The normalized spacial score (nSPS) is 15.0. The Kier molecular flexibility index (Phi) is 4.39. The Bertz CT molecular complexity index is 1060. The van der Waals surface area contributed by atoms with Gasteiger partial charge in [0.05, 0.1) is 12.8 Å². The van der Waals surface area contributed by atoms with Crippen LogP contribution in [0.25, 0.3) is 22.4 Å². The Morgan fingerprint density at radius 3 is 2.66 bits per heavy atom. The zero-order valence-corrected chi connectivity index (χ0v) is 16.2. The van der Waals surface area contributed by atoms with E-state index in [1.807, 2.05) is 36.4 Å². The van der Waals surface area contributed by atoms with E-state index in [1.165, 1.54) is 0 Å². The highest BCUT2D eigenvalue weighted by Gasteiger charge is 2.22. The molecule has 1 N–H and O–H groups in total. The molecule has 0 radical (unpaired) electrons. The van der Waals surface area contributed by atoms with Crippen LogP contribution in [0.5, 0.6) is 23.0 Å². The number of methoxy groups -OCH3 is 1. The van der Waals surface area contributed by atoms with Crippen LogP contribution in [0.2, 0.25) is 0 Å². The van der Waals surface area contributed by atoms with Crippen molar-refractivity contribution in [1.29, 1.82) is 0 Å². The molecule has 5 rings (SSSR count). The number of phenolic OH excluding ortho intramolecular Hbond substituents is 1. The molecule has 1 aromatic heterocycles. The first-order valence-electron chi connectivity index (χ1n) is 9.76. The van der Waals surface area contributed by atoms with E-state index in [4.69, 9.17) is 19.2 Å². The molecule has 29 heavy (non-hydrogen) atoms. The number of rotatable bonds is 4. The molecule has 2 aliphatic heterocycles. The Morgan fingerprint density at radius 1 is 1.00 bits per heavy atom. The molecule has 3 heterocycles. The topological polar surface area (TPSA) is 64.0 Å². The molecule has 6 nitrogen and oxygen atoms in total. The summed E-state index contributed by atoms with van der Waals surface area (Å²) >= 11 is 0. The van der Waals surface area contributed by atoms with Crippen LogP contribution in [0.4, 0.5) is 5.82 Å². The Morgan fingerprint density at radius 2 is 1.86 bits per heavy atom. The van der Waals surface area contributed by atoms with Crippen molar-refractivity contribution in [2.45, 2.75) is 12.8 Å². The molecular formula is C23H22N2O4. The summed E-state index contributed by atoms with van der Waals surface area (Å²) in [5.41, 5.74) is 3.31. The van der Waals surface area contributed by atoms with Gasteiger partial charge in [-0.25, -0.2) is 4.98 Å². The summed E-state index contributed by atoms with van der Waals surface area (Å²) in [5, 5.41) is 10.6. The number of aromatic hydroxyl groups is 1. The molecule has 0 atom stereocenters. The second kappa shape index (κ2) is 7.20. The van der Waals surface area contributed by atoms with Gasteiger partial charge in [0, 0.05) is 30.3 Å². The van der Waals surface area contributed by atoms with Gasteiger partial charge in [0.25, 0.3) is 0 Å². The second-order valence-electron chi connectivity index (χ2n) is 7.22. The quantitative estimate of drug-likeness (QED) is 0.710. The fraction of sp³-hybridized carbons (Fsp3) is 0.261. The van der Waals surface area contributed by atoms with E-state index in [0.717, 1.165) is 54.4 Å². The van der Waals surface area contributed by atoms with E-state index in [-0.39, 0.29) is 12.5 Å². The van der Waals surface area contributed by atoms with E-state index in [9.17, 15) is 5.11 Å². The summed E-state index contributed by atoms with van der Waals surface area (Å²) in [7, 11) is 1.58. The van der Waals surface area contributed by atoms with Gasteiger partial charge in [0.2, 0.25) is 6.79 Å². The zero-order chi connectivity index (χ0) is 19.8. The minimum atomic E-state index is 0.138. The predicted octanol–water partition coefficient (Wildman–Crippen LogP) is 4.46. The fourth-order valence-corrected chi connectivity index (χ4v) is 3.93. The summed E-state index contributed by atoms with van der Waals surface area (Å²) < 4.78 is 16.5. The average Bonchev–Trinajstić information content (AvgIpc) is 3.45. The van der Waals surface area contributed by atoms with Crippen LogP contribution in [0.3, 0.4) is 0 Å². The SMILES string of the molecule is COc1ccc(-c2cc(-c3cccc4c3OCO4)cc(N3CCCC3)n2)c(O)c1. The van der Waals surface area contributed by atoms with Gasteiger partial charge in [-0.3, -0.25) is 0 Å². The number of benzene rings is 2. The van der Waals surface area contributed by atoms with Gasteiger partial charge < -0.3 is 24.2 Å². The van der Waals surface area contributed by atoms with Crippen molar-refractivity contribution in [3.8, 4) is 45.4 Å². The Labute approximate surface area is 169 Å². The summed E-state index contributed by atoms with van der Waals surface area (Å²) in [4.78, 5) is 7.16. The molecule has 2 aromatic carbocycles. The third kappa shape index (κ3) is 3.20.